The first-order valence-corrected chi connectivity index (χ1v) is 7.81. The van der Waals surface area contributed by atoms with Crippen LogP contribution >= 0.6 is 0 Å². The van der Waals surface area contributed by atoms with Crippen LogP contribution < -0.4 is 10.1 Å². The van der Waals surface area contributed by atoms with Crippen molar-refractivity contribution in [3.63, 3.8) is 0 Å². The molecule has 3 nitrogen and oxygen atoms in total. The normalized spacial score (nSPS) is 10.3. The fourth-order valence-electron chi connectivity index (χ4n) is 2.33. The number of hydrogen-bond donors (Lipinski definition) is 1. The number of methoxy groups -OCH3 is 1. The zero-order chi connectivity index (χ0) is 16.5. The second kappa shape index (κ2) is 8.93. The van der Waals surface area contributed by atoms with Crippen molar-refractivity contribution < 1.29 is 13.9 Å². The number of benzene rings is 2. The maximum atomic E-state index is 12.8. The molecule has 0 aromatic heterocycles. The molecule has 0 bridgehead atoms. The Morgan fingerprint density at radius 2 is 1.61 bits per heavy atom. The number of nitrogens with one attached hydrogen (secondary N) is 1. The highest BCUT2D eigenvalue weighted by Gasteiger charge is 2.02. The molecular formula is C19H22FNO2. The fourth-order valence-corrected chi connectivity index (χ4v) is 2.33. The van der Waals surface area contributed by atoms with Gasteiger partial charge in [-0.1, -0.05) is 24.3 Å². The van der Waals surface area contributed by atoms with Crippen LogP contribution in [0, 0.1) is 5.82 Å². The minimum atomic E-state index is -0.231. The first-order valence-electron chi connectivity index (χ1n) is 7.81. The van der Waals surface area contributed by atoms with Gasteiger partial charge in [0.05, 0.1) is 7.11 Å². The molecule has 1 N–H and O–H groups in total. The molecule has 0 aliphatic heterocycles. The molecule has 0 heterocycles. The molecule has 2 rings (SSSR count). The molecule has 2 aromatic rings. The van der Waals surface area contributed by atoms with Crippen LogP contribution in [0.4, 0.5) is 4.39 Å². The number of amides is 1. The third-order valence-corrected chi connectivity index (χ3v) is 3.68. The van der Waals surface area contributed by atoms with Crippen LogP contribution in [0.1, 0.15) is 24.0 Å². The van der Waals surface area contributed by atoms with Crippen molar-refractivity contribution >= 4 is 5.91 Å². The van der Waals surface area contributed by atoms with Gasteiger partial charge in [-0.25, -0.2) is 4.39 Å². The van der Waals surface area contributed by atoms with E-state index < -0.39 is 0 Å². The monoisotopic (exact) mass is 315 g/mol. The minimum absolute atomic E-state index is 0.0561. The van der Waals surface area contributed by atoms with Crippen molar-refractivity contribution in [2.24, 2.45) is 0 Å². The first-order chi connectivity index (χ1) is 11.2. The first kappa shape index (κ1) is 17.0. The Bertz CT molecular complexity index is 608. The van der Waals surface area contributed by atoms with Gasteiger partial charge in [-0.3, -0.25) is 4.79 Å². The summed E-state index contributed by atoms with van der Waals surface area (Å²) in [5.74, 6) is 0.657. The summed E-state index contributed by atoms with van der Waals surface area (Å²) in [4.78, 5) is 11.8. The SMILES string of the molecule is COc1ccc(CCNC(=O)CCCc2ccc(F)cc2)cc1. The average Bonchev–Trinajstić information content (AvgIpc) is 2.57. The van der Waals surface area contributed by atoms with Crippen LogP contribution in [0.25, 0.3) is 0 Å². The number of rotatable bonds is 8. The lowest BCUT2D eigenvalue weighted by molar-refractivity contribution is -0.121. The van der Waals surface area contributed by atoms with E-state index >= 15 is 0 Å². The van der Waals surface area contributed by atoms with Gasteiger partial charge in [0.15, 0.2) is 0 Å². The number of aryl methyl sites for hydroxylation is 1. The summed E-state index contributed by atoms with van der Waals surface area (Å²) in [6.45, 7) is 0.627. The standard InChI is InChI=1S/C19H22FNO2/c1-23-18-11-7-16(8-12-18)13-14-21-19(22)4-2-3-15-5-9-17(20)10-6-15/h5-12H,2-4,13-14H2,1H3,(H,21,22). The quantitative estimate of drug-likeness (QED) is 0.809. The van der Waals surface area contributed by atoms with Crippen molar-refractivity contribution in [2.75, 3.05) is 13.7 Å². The molecule has 0 spiro atoms. The molecule has 0 saturated heterocycles. The van der Waals surface area contributed by atoms with Gasteiger partial charge in [-0.2, -0.15) is 0 Å². The smallest absolute Gasteiger partial charge is 0.220 e. The highest BCUT2D eigenvalue weighted by molar-refractivity contribution is 5.75. The molecule has 2 aromatic carbocycles. The molecule has 0 aliphatic carbocycles. The molecule has 1 amide bonds. The summed E-state index contributed by atoms with van der Waals surface area (Å²) >= 11 is 0. The van der Waals surface area contributed by atoms with E-state index in [1.165, 1.54) is 12.1 Å². The van der Waals surface area contributed by atoms with Crippen LogP contribution in [-0.2, 0) is 17.6 Å². The summed E-state index contributed by atoms with van der Waals surface area (Å²) in [7, 11) is 1.64. The van der Waals surface area contributed by atoms with Crippen molar-refractivity contribution in [3.8, 4) is 5.75 Å². The van der Waals surface area contributed by atoms with Crippen LogP contribution in [-0.4, -0.2) is 19.6 Å². The van der Waals surface area contributed by atoms with Gasteiger partial charge < -0.3 is 10.1 Å². The van der Waals surface area contributed by atoms with Crippen molar-refractivity contribution in [2.45, 2.75) is 25.7 Å². The third kappa shape index (κ3) is 6.10. The molecule has 23 heavy (non-hydrogen) atoms. The van der Waals surface area contributed by atoms with Crippen LogP contribution in [0.5, 0.6) is 5.75 Å². The molecule has 4 heteroatoms. The maximum Gasteiger partial charge on any atom is 0.220 e. The van der Waals surface area contributed by atoms with Gasteiger partial charge in [-0.05, 0) is 54.7 Å². The molecule has 0 aliphatic rings. The molecule has 0 atom stereocenters. The summed E-state index contributed by atoms with van der Waals surface area (Å²) in [5.41, 5.74) is 2.22. The molecule has 122 valence electrons. The largest absolute Gasteiger partial charge is 0.497 e. The van der Waals surface area contributed by atoms with E-state index in [-0.39, 0.29) is 11.7 Å². The molecule has 0 unspecified atom stereocenters. The van der Waals surface area contributed by atoms with E-state index in [4.69, 9.17) is 4.74 Å². The second-order valence-electron chi connectivity index (χ2n) is 5.43. The Balaban J connectivity index is 1.62. The van der Waals surface area contributed by atoms with E-state index in [0.29, 0.717) is 13.0 Å². The fraction of sp³-hybridized carbons (Fsp3) is 0.316. The molecule has 0 fully saturated rings. The Morgan fingerprint density at radius 1 is 1.00 bits per heavy atom. The topological polar surface area (TPSA) is 38.3 Å². The van der Waals surface area contributed by atoms with Gasteiger partial charge in [0.2, 0.25) is 5.91 Å². The number of carbonyl (C=O) groups is 1. The zero-order valence-corrected chi connectivity index (χ0v) is 13.3. The van der Waals surface area contributed by atoms with Crippen LogP contribution in [0.15, 0.2) is 48.5 Å². The van der Waals surface area contributed by atoms with Gasteiger partial charge in [0.1, 0.15) is 11.6 Å². The lowest BCUT2D eigenvalue weighted by Gasteiger charge is -2.06. The van der Waals surface area contributed by atoms with E-state index in [2.05, 4.69) is 5.32 Å². The Labute approximate surface area is 136 Å². The van der Waals surface area contributed by atoms with Gasteiger partial charge >= 0.3 is 0 Å². The van der Waals surface area contributed by atoms with E-state index in [9.17, 15) is 9.18 Å². The number of halogens is 1. The highest BCUT2D eigenvalue weighted by Crippen LogP contribution is 2.11. The van der Waals surface area contributed by atoms with Gasteiger partial charge in [-0.15, -0.1) is 0 Å². The van der Waals surface area contributed by atoms with Gasteiger partial charge in [0, 0.05) is 13.0 Å². The molecule has 0 saturated carbocycles. The predicted octanol–water partition coefficient (Wildman–Crippen LogP) is 3.52. The highest BCUT2D eigenvalue weighted by atomic mass is 19.1. The Hall–Kier alpha value is -2.36. The second-order valence-corrected chi connectivity index (χ2v) is 5.43. The average molecular weight is 315 g/mol. The predicted molar refractivity (Wildman–Crippen MR) is 89.0 cm³/mol. The zero-order valence-electron chi connectivity index (χ0n) is 13.3. The summed E-state index contributed by atoms with van der Waals surface area (Å²) in [5, 5.41) is 2.92. The van der Waals surface area contributed by atoms with Gasteiger partial charge in [0.25, 0.3) is 0 Å². The Morgan fingerprint density at radius 3 is 2.26 bits per heavy atom. The molecule has 0 radical (unpaired) electrons. The lowest BCUT2D eigenvalue weighted by Crippen LogP contribution is -2.25. The van der Waals surface area contributed by atoms with Crippen LogP contribution in [0.3, 0.4) is 0 Å². The van der Waals surface area contributed by atoms with E-state index in [1.54, 1.807) is 19.2 Å². The Kier molecular flexibility index (Phi) is 6.60. The summed E-state index contributed by atoms with van der Waals surface area (Å²) < 4.78 is 17.9. The molecular weight excluding hydrogens is 293 g/mol. The van der Waals surface area contributed by atoms with Crippen molar-refractivity contribution in [1.29, 1.82) is 0 Å². The number of carbonyl (C=O) groups excluding carboxylic acids is 1. The lowest BCUT2D eigenvalue weighted by atomic mass is 10.1. The summed E-state index contributed by atoms with van der Waals surface area (Å²) in [6.07, 6.45) is 2.83. The number of ether oxygens (including phenoxy) is 1. The summed E-state index contributed by atoms with van der Waals surface area (Å²) in [6, 6.07) is 14.3. The van der Waals surface area contributed by atoms with Crippen molar-refractivity contribution in [3.05, 3.63) is 65.5 Å². The minimum Gasteiger partial charge on any atom is -0.497 e. The number of hydrogen-bond acceptors (Lipinski definition) is 2. The van der Waals surface area contributed by atoms with E-state index in [1.807, 2.05) is 24.3 Å². The van der Waals surface area contributed by atoms with E-state index in [0.717, 1.165) is 36.1 Å². The van der Waals surface area contributed by atoms with Crippen molar-refractivity contribution in [1.82, 2.24) is 5.32 Å². The third-order valence-electron chi connectivity index (χ3n) is 3.68. The van der Waals surface area contributed by atoms with Crippen LogP contribution in [0.2, 0.25) is 0 Å². The maximum absolute atomic E-state index is 12.8.